The van der Waals surface area contributed by atoms with E-state index in [0.717, 1.165) is 41.8 Å². The maximum Gasteiger partial charge on any atom is 0.230 e. The molecular weight excluding hydrogens is 288 g/mol. The molecule has 114 valence electrons. The van der Waals surface area contributed by atoms with Crippen molar-refractivity contribution in [2.75, 3.05) is 13.1 Å². The van der Waals surface area contributed by atoms with E-state index in [4.69, 9.17) is 4.74 Å². The lowest BCUT2D eigenvalue weighted by molar-refractivity contribution is 0.465. The van der Waals surface area contributed by atoms with Crippen molar-refractivity contribution in [3.63, 3.8) is 0 Å². The molecule has 2 aromatic heterocycles. The van der Waals surface area contributed by atoms with Gasteiger partial charge in [0.1, 0.15) is 11.4 Å². The maximum atomic E-state index is 6.08. The van der Waals surface area contributed by atoms with Crippen LogP contribution in [-0.2, 0) is 0 Å². The first kappa shape index (κ1) is 13.7. The monoisotopic (exact) mass is 304 g/mol. The predicted octanol–water partition coefficient (Wildman–Crippen LogP) is 3.16. The zero-order valence-electron chi connectivity index (χ0n) is 12.6. The molecule has 3 aromatic rings. The van der Waals surface area contributed by atoms with E-state index in [1.54, 1.807) is 12.4 Å². The van der Waals surface area contributed by atoms with Gasteiger partial charge in [0, 0.05) is 30.9 Å². The topological polar surface area (TPSA) is 59.4 Å². The van der Waals surface area contributed by atoms with E-state index in [1.165, 1.54) is 0 Å². The van der Waals surface area contributed by atoms with Gasteiger partial charge in [-0.15, -0.1) is 0 Å². The standard InChI is InChI=1S/C18H16N4O/c1-5-13-6-2-9-19-16(13)15(8-1)23-18-14(7-3-10-22-18)17-20-11-4-12-21-17/h1-3,5-10H,4,11-12H2,(H,20,21). The van der Waals surface area contributed by atoms with Gasteiger partial charge in [-0.3, -0.25) is 9.98 Å². The Morgan fingerprint density at radius 2 is 1.83 bits per heavy atom. The summed E-state index contributed by atoms with van der Waals surface area (Å²) in [6, 6.07) is 13.7. The fraction of sp³-hybridized carbons (Fsp3) is 0.167. The Hall–Kier alpha value is -2.95. The Morgan fingerprint density at radius 1 is 0.957 bits per heavy atom. The van der Waals surface area contributed by atoms with Crippen molar-refractivity contribution in [1.29, 1.82) is 0 Å². The first-order chi connectivity index (χ1) is 11.4. The number of fused-ring (bicyclic) bond motifs is 1. The summed E-state index contributed by atoms with van der Waals surface area (Å²) < 4.78 is 6.08. The molecule has 0 fully saturated rings. The number of para-hydroxylation sites is 1. The third-order valence-electron chi connectivity index (χ3n) is 3.73. The third-order valence-corrected chi connectivity index (χ3v) is 3.73. The van der Waals surface area contributed by atoms with Crippen LogP contribution in [0.1, 0.15) is 12.0 Å². The van der Waals surface area contributed by atoms with Crippen molar-refractivity contribution in [2.45, 2.75) is 6.42 Å². The number of hydrogen-bond donors (Lipinski definition) is 1. The molecule has 1 aromatic carbocycles. The normalized spacial score (nSPS) is 14.2. The molecule has 0 aliphatic carbocycles. The average Bonchev–Trinajstić information content (AvgIpc) is 2.63. The van der Waals surface area contributed by atoms with Crippen LogP contribution in [0.25, 0.3) is 10.9 Å². The van der Waals surface area contributed by atoms with Crippen molar-refractivity contribution in [1.82, 2.24) is 15.3 Å². The Kier molecular flexibility index (Phi) is 3.60. The fourth-order valence-electron chi connectivity index (χ4n) is 2.63. The zero-order valence-corrected chi connectivity index (χ0v) is 12.6. The number of ether oxygens (including phenoxy) is 1. The largest absolute Gasteiger partial charge is 0.436 e. The minimum atomic E-state index is 0.541. The van der Waals surface area contributed by atoms with Crippen molar-refractivity contribution in [3.05, 3.63) is 60.4 Å². The van der Waals surface area contributed by atoms with Gasteiger partial charge in [0.15, 0.2) is 5.75 Å². The summed E-state index contributed by atoms with van der Waals surface area (Å²) in [6.07, 6.45) is 4.54. The van der Waals surface area contributed by atoms with E-state index in [2.05, 4.69) is 20.3 Å². The quantitative estimate of drug-likeness (QED) is 0.807. The molecule has 1 N–H and O–H groups in total. The fourth-order valence-corrected chi connectivity index (χ4v) is 2.63. The van der Waals surface area contributed by atoms with E-state index in [0.29, 0.717) is 11.6 Å². The molecule has 0 spiro atoms. The Labute approximate surface area is 134 Å². The van der Waals surface area contributed by atoms with Crippen LogP contribution < -0.4 is 10.1 Å². The molecule has 0 amide bonds. The molecule has 0 unspecified atom stereocenters. The molecule has 0 saturated carbocycles. The minimum absolute atomic E-state index is 0.541. The number of rotatable bonds is 3. The van der Waals surface area contributed by atoms with Crippen molar-refractivity contribution in [2.24, 2.45) is 4.99 Å². The summed E-state index contributed by atoms with van der Waals surface area (Å²) in [5, 5.41) is 4.35. The SMILES string of the molecule is c1cnc(Oc2cccc3cccnc23)c(C2=NCCCN2)c1. The minimum Gasteiger partial charge on any atom is -0.436 e. The van der Waals surface area contributed by atoms with Gasteiger partial charge in [0.25, 0.3) is 0 Å². The van der Waals surface area contributed by atoms with Crippen molar-refractivity contribution >= 4 is 16.7 Å². The van der Waals surface area contributed by atoms with Crippen LogP contribution >= 0.6 is 0 Å². The van der Waals surface area contributed by atoms with Crippen molar-refractivity contribution in [3.8, 4) is 11.6 Å². The molecule has 1 aliphatic heterocycles. The smallest absolute Gasteiger partial charge is 0.230 e. The molecular formula is C18H16N4O. The summed E-state index contributed by atoms with van der Waals surface area (Å²) in [5.74, 6) is 2.07. The third kappa shape index (κ3) is 2.73. The van der Waals surface area contributed by atoms with Crippen LogP contribution in [0.2, 0.25) is 0 Å². The summed E-state index contributed by atoms with van der Waals surface area (Å²) in [4.78, 5) is 13.3. The first-order valence-corrected chi connectivity index (χ1v) is 7.67. The highest BCUT2D eigenvalue weighted by Gasteiger charge is 2.15. The number of hydrogen-bond acceptors (Lipinski definition) is 5. The Balaban J connectivity index is 1.75. The van der Waals surface area contributed by atoms with Gasteiger partial charge in [0.2, 0.25) is 5.88 Å². The molecule has 3 heterocycles. The Bertz CT molecular complexity index is 870. The molecule has 0 saturated heterocycles. The van der Waals surface area contributed by atoms with Gasteiger partial charge < -0.3 is 10.1 Å². The molecule has 1 aliphatic rings. The van der Waals surface area contributed by atoms with Gasteiger partial charge in [0.05, 0.1) is 5.56 Å². The first-order valence-electron chi connectivity index (χ1n) is 7.67. The molecule has 5 heteroatoms. The van der Waals surface area contributed by atoms with Crippen LogP contribution in [0, 0.1) is 0 Å². The van der Waals surface area contributed by atoms with Crippen LogP contribution in [0.3, 0.4) is 0 Å². The van der Waals surface area contributed by atoms with Crippen LogP contribution in [0.5, 0.6) is 11.6 Å². The average molecular weight is 304 g/mol. The van der Waals surface area contributed by atoms with Crippen LogP contribution in [0.4, 0.5) is 0 Å². The summed E-state index contributed by atoms with van der Waals surface area (Å²) in [6.45, 7) is 1.75. The number of pyridine rings is 2. The van der Waals surface area contributed by atoms with E-state index >= 15 is 0 Å². The second-order valence-corrected chi connectivity index (χ2v) is 5.30. The number of nitrogens with zero attached hydrogens (tertiary/aromatic N) is 3. The predicted molar refractivity (Wildman–Crippen MR) is 90.1 cm³/mol. The molecule has 0 bridgehead atoms. The summed E-state index contributed by atoms with van der Waals surface area (Å²) in [5.41, 5.74) is 1.70. The molecule has 23 heavy (non-hydrogen) atoms. The number of nitrogens with one attached hydrogen (secondary N) is 1. The molecule has 5 nitrogen and oxygen atoms in total. The zero-order chi connectivity index (χ0) is 15.5. The lowest BCUT2D eigenvalue weighted by Crippen LogP contribution is -2.30. The second-order valence-electron chi connectivity index (χ2n) is 5.30. The van der Waals surface area contributed by atoms with Gasteiger partial charge in [-0.1, -0.05) is 18.2 Å². The highest BCUT2D eigenvalue weighted by atomic mass is 16.5. The number of amidine groups is 1. The van der Waals surface area contributed by atoms with E-state index in [1.807, 2.05) is 42.5 Å². The highest BCUT2D eigenvalue weighted by Crippen LogP contribution is 2.29. The number of aromatic nitrogens is 2. The van der Waals surface area contributed by atoms with Gasteiger partial charge in [-0.25, -0.2) is 4.98 Å². The Morgan fingerprint density at radius 3 is 2.74 bits per heavy atom. The summed E-state index contributed by atoms with van der Waals surface area (Å²) in [7, 11) is 0. The lowest BCUT2D eigenvalue weighted by atomic mass is 10.2. The van der Waals surface area contributed by atoms with Gasteiger partial charge in [-0.2, -0.15) is 0 Å². The lowest BCUT2D eigenvalue weighted by Gasteiger charge is -2.17. The van der Waals surface area contributed by atoms with Crippen LogP contribution in [-0.4, -0.2) is 28.9 Å². The van der Waals surface area contributed by atoms with Crippen LogP contribution in [0.15, 0.2) is 59.9 Å². The number of benzene rings is 1. The van der Waals surface area contributed by atoms with E-state index in [9.17, 15) is 0 Å². The molecule has 0 atom stereocenters. The van der Waals surface area contributed by atoms with Gasteiger partial charge in [-0.05, 0) is 30.7 Å². The number of aliphatic imine (C=N–C) groups is 1. The van der Waals surface area contributed by atoms with E-state index in [-0.39, 0.29) is 0 Å². The van der Waals surface area contributed by atoms with Crippen molar-refractivity contribution < 1.29 is 4.74 Å². The molecule has 4 rings (SSSR count). The van der Waals surface area contributed by atoms with Gasteiger partial charge >= 0.3 is 0 Å². The van der Waals surface area contributed by atoms with E-state index < -0.39 is 0 Å². The molecule has 0 radical (unpaired) electrons. The summed E-state index contributed by atoms with van der Waals surface area (Å²) >= 11 is 0. The maximum absolute atomic E-state index is 6.08. The highest BCUT2D eigenvalue weighted by molar-refractivity contribution is 6.01. The second kappa shape index (κ2) is 6.04.